The molecule has 0 saturated heterocycles. The van der Waals surface area contributed by atoms with Crippen molar-refractivity contribution in [3.63, 3.8) is 0 Å². The first-order valence-electron chi connectivity index (χ1n) is 6.45. The lowest BCUT2D eigenvalue weighted by molar-refractivity contribution is 0.601. The Morgan fingerprint density at radius 3 is 2.52 bits per heavy atom. The number of alkyl halides is 1. The largest absolute Gasteiger partial charge is 0.280 e. The summed E-state index contributed by atoms with van der Waals surface area (Å²) in [5.74, 6) is 0. The number of rotatable bonds is 6. The molecule has 0 unspecified atom stereocenters. The van der Waals surface area contributed by atoms with Crippen LogP contribution < -0.4 is 4.72 Å². The third-order valence-corrected chi connectivity index (χ3v) is 5.86. The lowest BCUT2D eigenvalue weighted by atomic mass is 10.1. The zero-order chi connectivity index (χ0) is 15.3. The van der Waals surface area contributed by atoms with Gasteiger partial charge in [0.2, 0.25) is 0 Å². The van der Waals surface area contributed by atoms with Crippen molar-refractivity contribution in [1.82, 2.24) is 0 Å². The predicted octanol–water partition coefficient (Wildman–Crippen LogP) is 4.58. The van der Waals surface area contributed by atoms with Gasteiger partial charge in [0.15, 0.2) is 0 Å². The number of hydrogen-bond acceptors (Lipinski definition) is 2. The number of halogens is 2. The number of nitrogens with one attached hydrogen (secondary N) is 1. The number of sulfonamides is 1. The molecule has 112 valence electrons. The highest BCUT2D eigenvalue weighted by Gasteiger charge is 2.17. The number of anilines is 1. The Hall–Kier alpha value is -0.850. The molecule has 2 aromatic carbocycles. The van der Waals surface area contributed by atoms with Gasteiger partial charge in [0.25, 0.3) is 10.0 Å². The second kappa shape index (κ2) is 7.42. The molecule has 0 bridgehead atoms. The summed E-state index contributed by atoms with van der Waals surface area (Å²) < 4.78 is 28.0. The Balaban J connectivity index is 2.23. The minimum absolute atomic E-state index is 0.232. The summed E-state index contributed by atoms with van der Waals surface area (Å²) in [6.07, 6.45) is 1.93. The molecule has 21 heavy (non-hydrogen) atoms. The van der Waals surface area contributed by atoms with Gasteiger partial charge in [-0.25, -0.2) is 8.42 Å². The zero-order valence-electron chi connectivity index (χ0n) is 11.2. The highest BCUT2D eigenvalue weighted by atomic mass is 79.9. The Morgan fingerprint density at radius 2 is 1.81 bits per heavy atom. The average Bonchev–Trinajstić information content (AvgIpc) is 2.45. The maximum absolute atomic E-state index is 12.4. The van der Waals surface area contributed by atoms with Gasteiger partial charge in [-0.1, -0.05) is 40.2 Å². The molecule has 2 aromatic rings. The van der Waals surface area contributed by atoms with Crippen LogP contribution in [0.5, 0.6) is 0 Å². The Morgan fingerprint density at radius 1 is 1.05 bits per heavy atom. The fourth-order valence-electron chi connectivity index (χ4n) is 1.93. The molecule has 0 saturated carbocycles. The third-order valence-electron chi connectivity index (χ3n) is 2.90. The van der Waals surface area contributed by atoms with Crippen LogP contribution in [0.3, 0.4) is 0 Å². The highest BCUT2D eigenvalue weighted by Crippen LogP contribution is 2.24. The molecule has 0 amide bonds. The molecule has 0 aromatic heterocycles. The van der Waals surface area contributed by atoms with Crippen molar-refractivity contribution in [3.05, 3.63) is 58.6 Å². The van der Waals surface area contributed by atoms with Crippen molar-refractivity contribution in [2.24, 2.45) is 0 Å². The lowest BCUT2D eigenvalue weighted by Gasteiger charge is -2.10. The van der Waals surface area contributed by atoms with Crippen LogP contribution in [0.1, 0.15) is 12.0 Å². The smallest absolute Gasteiger partial charge is 0.263 e. The Labute approximate surface area is 142 Å². The minimum atomic E-state index is -3.59. The van der Waals surface area contributed by atoms with Gasteiger partial charge in [-0.05, 0) is 58.6 Å². The quantitative estimate of drug-likeness (QED) is 0.679. The molecule has 0 fully saturated rings. The van der Waals surface area contributed by atoms with Crippen LogP contribution in [0.15, 0.2) is 57.9 Å². The molecule has 6 heteroatoms. The monoisotopic (exact) mass is 431 g/mol. The molecule has 0 aliphatic rings. The van der Waals surface area contributed by atoms with Crippen molar-refractivity contribution in [2.45, 2.75) is 17.7 Å². The Bertz CT molecular complexity index is 717. The van der Waals surface area contributed by atoms with E-state index in [0.717, 1.165) is 23.7 Å². The van der Waals surface area contributed by atoms with Crippen molar-refractivity contribution in [3.8, 4) is 0 Å². The van der Waals surface area contributed by atoms with Gasteiger partial charge in [0, 0.05) is 15.5 Å². The van der Waals surface area contributed by atoms with E-state index in [9.17, 15) is 8.42 Å². The van der Waals surface area contributed by atoms with E-state index in [1.54, 1.807) is 30.3 Å². The second-order valence-electron chi connectivity index (χ2n) is 4.53. The van der Waals surface area contributed by atoms with Crippen LogP contribution in [-0.4, -0.2) is 13.7 Å². The van der Waals surface area contributed by atoms with Crippen LogP contribution in [0, 0.1) is 0 Å². The van der Waals surface area contributed by atoms with Crippen molar-refractivity contribution in [1.29, 1.82) is 0 Å². The summed E-state index contributed by atoms with van der Waals surface area (Å²) in [6.45, 7) is 0. The van der Waals surface area contributed by atoms with Gasteiger partial charge in [0.05, 0.1) is 0 Å². The van der Waals surface area contributed by atoms with Gasteiger partial charge in [-0.15, -0.1) is 0 Å². The van der Waals surface area contributed by atoms with E-state index >= 15 is 0 Å². The second-order valence-corrected chi connectivity index (χ2v) is 7.83. The molecule has 0 aliphatic heterocycles. The van der Waals surface area contributed by atoms with Gasteiger partial charge >= 0.3 is 0 Å². The first kappa shape index (κ1) is 16.5. The molecule has 0 heterocycles. The topological polar surface area (TPSA) is 46.2 Å². The number of benzene rings is 2. The van der Waals surface area contributed by atoms with Gasteiger partial charge in [0.1, 0.15) is 4.90 Å². The maximum atomic E-state index is 12.4. The van der Waals surface area contributed by atoms with Crippen LogP contribution >= 0.6 is 31.9 Å². The Kier molecular flexibility index (Phi) is 5.84. The first-order chi connectivity index (χ1) is 10.0. The van der Waals surface area contributed by atoms with Crippen LogP contribution in [0.2, 0.25) is 0 Å². The standard InChI is InChI=1S/C15H15Br2NO2S/c16-10-4-6-12-5-3-7-13(11-12)18-21(19,20)15-9-2-1-8-14(15)17/h1-3,5,7-9,11,18H,4,6,10H2. The van der Waals surface area contributed by atoms with Gasteiger partial charge in [-0.3, -0.25) is 4.72 Å². The minimum Gasteiger partial charge on any atom is -0.280 e. The third kappa shape index (κ3) is 4.56. The summed E-state index contributed by atoms with van der Waals surface area (Å²) in [4.78, 5) is 0.232. The van der Waals surface area contributed by atoms with Crippen LogP contribution in [0.4, 0.5) is 5.69 Å². The molecule has 0 radical (unpaired) electrons. The first-order valence-corrected chi connectivity index (χ1v) is 9.85. The molecular formula is C15H15Br2NO2S. The van der Waals surface area contributed by atoms with E-state index in [1.165, 1.54) is 0 Å². The average molecular weight is 433 g/mol. The van der Waals surface area contributed by atoms with E-state index in [1.807, 2.05) is 18.2 Å². The van der Waals surface area contributed by atoms with E-state index in [2.05, 4.69) is 36.6 Å². The van der Waals surface area contributed by atoms with E-state index < -0.39 is 10.0 Å². The fourth-order valence-corrected chi connectivity index (χ4v) is 4.27. The van der Waals surface area contributed by atoms with Crippen LogP contribution in [-0.2, 0) is 16.4 Å². The SMILES string of the molecule is O=S(=O)(Nc1cccc(CCCBr)c1)c1ccccc1Br. The normalized spacial score (nSPS) is 11.3. The molecule has 0 spiro atoms. The van der Waals surface area contributed by atoms with E-state index in [4.69, 9.17) is 0 Å². The summed E-state index contributed by atoms with van der Waals surface area (Å²) in [5.41, 5.74) is 1.69. The molecule has 0 aliphatic carbocycles. The molecule has 1 N–H and O–H groups in total. The van der Waals surface area contributed by atoms with E-state index in [-0.39, 0.29) is 4.90 Å². The molecule has 2 rings (SSSR count). The highest BCUT2D eigenvalue weighted by molar-refractivity contribution is 9.10. The number of aryl methyl sites for hydroxylation is 1. The van der Waals surface area contributed by atoms with E-state index in [0.29, 0.717) is 10.2 Å². The van der Waals surface area contributed by atoms with Crippen molar-refractivity contribution < 1.29 is 8.42 Å². The summed E-state index contributed by atoms with van der Waals surface area (Å²) in [7, 11) is -3.59. The maximum Gasteiger partial charge on any atom is 0.263 e. The summed E-state index contributed by atoms with van der Waals surface area (Å²) in [6, 6.07) is 14.3. The van der Waals surface area contributed by atoms with Gasteiger partial charge in [-0.2, -0.15) is 0 Å². The van der Waals surface area contributed by atoms with Crippen molar-refractivity contribution in [2.75, 3.05) is 10.1 Å². The lowest BCUT2D eigenvalue weighted by Crippen LogP contribution is -2.13. The molecular weight excluding hydrogens is 418 g/mol. The fraction of sp³-hybridized carbons (Fsp3) is 0.200. The molecule has 0 atom stereocenters. The van der Waals surface area contributed by atoms with Crippen molar-refractivity contribution >= 4 is 47.6 Å². The zero-order valence-corrected chi connectivity index (χ0v) is 15.2. The number of hydrogen-bond donors (Lipinski definition) is 1. The van der Waals surface area contributed by atoms with Gasteiger partial charge < -0.3 is 0 Å². The molecule has 3 nitrogen and oxygen atoms in total. The summed E-state index contributed by atoms with van der Waals surface area (Å²) in [5, 5.41) is 0.930. The predicted molar refractivity (Wildman–Crippen MR) is 93.5 cm³/mol. The summed E-state index contributed by atoms with van der Waals surface area (Å²) >= 11 is 6.67. The van der Waals surface area contributed by atoms with Crippen LogP contribution in [0.25, 0.3) is 0 Å².